The van der Waals surface area contributed by atoms with Gasteiger partial charge in [0.1, 0.15) is 5.82 Å². The number of likely N-dealkylation sites (tertiary alicyclic amines) is 1. The van der Waals surface area contributed by atoms with Gasteiger partial charge in [-0.3, -0.25) is 24.6 Å². The molecule has 2 aliphatic heterocycles. The number of nitrogens with one attached hydrogen (secondary N) is 1. The maximum absolute atomic E-state index is 14.6. The summed E-state index contributed by atoms with van der Waals surface area (Å²) in [5.74, 6) is -2.27. The summed E-state index contributed by atoms with van der Waals surface area (Å²) in [5.41, 5.74) is 1.21. The predicted molar refractivity (Wildman–Crippen MR) is 87.6 cm³/mol. The lowest BCUT2D eigenvalue weighted by atomic mass is 9.85. The van der Waals surface area contributed by atoms with Crippen LogP contribution in [0.4, 0.5) is 4.39 Å². The number of benzene rings is 1. The third kappa shape index (κ3) is 4.04. The van der Waals surface area contributed by atoms with E-state index in [1.807, 2.05) is 4.90 Å². The van der Waals surface area contributed by atoms with Crippen molar-refractivity contribution in [3.05, 3.63) is 35.1 Å². The number of carboxylic acid groups (broad SMARTS) is 1. The van der Waals surface area contributed by atoms with Gasteiger partial charge in [0.25, 0.3) is 0 Å². The van der Waals surface area contributed by atoms with E-state index in [-0.39, 0.29) is 36.5 Å². The smallest absolute Gasteiger partial charge is 0.317 e. The van der Waals surface area contributed by atoms with Crippen LogP contribution in [0.25, 0.3) is 0 Å². The molecule has 0 radical (unpaired) electrons. The lowest BCUT2D eigenvalue weighted by Gasteiger charge is -2.31. The minimum atomic E-state index is -0.849. The first kappa shape index (κ1) is 17.5. The molecule has 0 bridgehead atoms. The third-order valence-electron chi connectivity index (χ3n) is 5.05. The Morgan fingerprint density at radius 3 is 2.56 bits per heavy atom. The molecular weight excluding hydrogens is 327 g/mol. The molecule has 2 saturated heterocycles. The Hall–Kier alpha value is -2.28. The monoisotopic (exact) mass is 348 g/mol. The number of hydrogen-bond acceptors (Lipinski definition) is 4. The number of carbonyl (C=O) groups excluding carboxylic acids is 2. The molecule has 6 nitrogen and oxygen atoms in total. The van der Waals surface area contributed by atoms with Crippen molar-refractivity contribution in [1.82, 2.24) is 10.2 Å². The predicted octanol–water partition coefficient (Wildman–Crippen LogP) is 1.61. The first-order valence-corrected chi connectivity index (χ1v) is 8.51. The Morgan fingerprint density at radius 1 is 1.24 bits per heavy atom. The Kier molecular flexibility index (Phi) is 5.13. The number of piperidine rings is 2. The van der Waals surface area contributed by atoms with Crippen molar-refractivity contribution in [2.45, 2.75) is 37.5 Å². The van der Waals surface area contributed by atoms with Crippen LogP contribution in [-0.4, -0.2) is 47.4 Å². The van der Waals surface area contributed by atoms with Crippen molar-refractivity contribution in [3.8, 4) is 0 Å². The molecule has 0 aliphatic carbocycles. The Balaban J connectivity index is 1.68. The van der Waals surface area contributed by atoms with Crippen LogP contribution < -0.4 is 5.32 Å². The number of carboxylic acids is 1. The largest absolute Gasteiger partial charge is 0.480 e. The normalized spacial score (nSPS) is 22.7. The van der Waals surface area contributed by atoms with Crippen LogP contribution in [-0.2, 0) is 14.4 Å². The highest BCUT2D eigenvalue weighted by Gasteiger charge is 2.29. The molecule has 3 rings (SSSR count). The van der Waals surface area contributed by atoms with Crippen LogP contribution >= 0.6 is 0 Å². The van der Waals surface area contributed by atoms with Crippen LogP contribution in [0.2, 0.25) is 0 Å². The van der Waals surface area contributed by atoms with Crippen LogP contribution in [0.5, 0.6) is 0 Å². The molecule has 2 amide bonds. The fourth-order valence-corrected chi connectivity index (χ4v) is 3.70. The summed E-state index contributed by atoms with van der Waals surface area (Å²) in [6.45, 7) is 1.28. The average Bonchev–Trinajstić information content (AvgIpc) is 2.55. The molecule has 2 aliphatic rings. The highest BCUT2D eigenvalue weighted by molar-refractivity contribution is 6.00. The Labute approximate surface area is 145 Å². The zero-order valence-corrected chi connectivity index (χ0v) is 13.8. The van der Waals surface area contributed by atoms with Crippen molar-refractivity contribution >= 4 is 17.8 Å². The minimum absolute atomic E-state index is 0.0175. The molecule has 2 heterocycles. The Bertz CT molecular complexity index is 698. The summed E-state index contributed by atoms with van der Waals surface area (Å²) in [5, 5.41) is 11.1. The van der Waals surface area contributed by atoms with Crippen molar-refractivity contribution in [1.29, 1.82) is 0 Å². The van der Waals surface area contributed by atoms with Crippen LogP contribution in [0.1, 0.15) is 48.6 Å². The standard InChI is InChI=1S/C18H21FN2O4/c19-15-9-12(14-3-4-16(22)20-18(14)25)1-2-13(15)11-5-7-21(8-6-11)10-17(23)24/h1-2,9,11,14H,3-8,10H2,(H,23,24)(H,20,22,25). The van der Waals surface area contributed by atoms with Gasteiger partial charge in [-0.05, 0) is 55.5 Å². The van der Waals surface area contributed by atoms with Gasteiger partial charge in [-0.2, -0.15) is 0 Å². The van der Waals surface area contributed by atoms with Crippen LogP contribution in [0, 0.1) is 5.82 Å². The van der Waals surface area contributed by atoms with Gasteiger partial charge >= 0.3 is 5.97 Å². The van der Waals surface area contributed by atoms with E-state index in [1.165, 1.54) is 6.07 Å². The van der Waals surface area contributed by atoms with Gasteiger partial charge in [0.2, 0.25) is 11.8 Å². The number of rotatable bonds is 4. The topological polar surface area (TPSA) is 86.7 Å². The number of halogens is 1. The van der Waals surface area contributed by atoms with E-state index >= 15 is 0 Å². The second kappa shape index (κ2) is 7.31. The fourth-order valence-electron chi connectivity index (χ4n) is 3.70. The van der Waals surface area contributed by atoms with E-state index in [2.05, 4.69) is 5.32 Å². The number of imide groups is 1. The maximum atomic E-state index is 14.6. The summed E-state index contributed by atoms with van der Waals surface area (Å²) in [6.07, 6.45) is 2.09. The molecule has 0 aromatic heterocycles. The molecule has 1 aromatic rings. The molecule has 1 atom stereocenters. The van der Waals surface area contributed by atoms with Gasteiger partial charge < -0.3 is 5.11 Å². The summed E-state index contributed by atoms with van der Waals surface area (Å²) >= 11 is 0. The highest BCUT2D eigenvalue weighted by Crippen LogP contribution is 2.32. The average molecular weight is 348 g/mol. The van der Waals surface area contributed by atoms with Crippen molar-refractivity contribution in [3.63, 3.8) is 0 Å². The lowest BCUT2D eigenvalue weighted by molar-refractivity contribution is -0.138. The van der Waals surface area contributed by atoms with Gasteiger partial charge in [-0.25, -0.2) is 4.39 Å². The molecule has 7 heteroatoms. The number of aliphatic carboxylic acids is 1. The number of carbonyl (C=O) groups is 3. The van der Waals surface area contributed by atoms with E-state index in [0.717, 1.165) is 0 Å². The molecule has 1 unspecified atom stereocenters. The summed E-state index contributed by atoms with van der Waals surface area (Å²) in [7, 11) is 0. The highest BCUT2D eigenvalue weighted by atomic mass is 19.1. The van der Waals surface area contributed by atoms with Crippen LogP contribution in [0.3, 0.4) is 0 Å². The van der Waals surface area contributed by atoms with E-state index in [1.54, 1.807) is 12.1 Å². The molecular formula is C18H21FN2O4. The summed E-state index contributed by atoms with van der Waals surface area (Å²) in [4.78, 5) is 35.8. The van der Waals surface area contributed by atoms with Crippen molar-refractivity contribution < 1.29 is 23.9 Å². The first-order valence-electron chi connectivity index (χ1n) is 8.51. The zero-order chi connectivity index (χ0) is 18.0. The van der Waals surface area contributed by atoms with Gasteiger partial charge in [-0.1, -0.05) is 12.1 Å². The van der Waals surface area contributed by atoms with Crippen LogP contribution in [0.15, 0.2) is 18.2 Å². The number of amides is 2. The van der Waals surface area contributed by atoms with Gasteiger partial charge in [0, 0.05) is 6.42 Å². The van der Waals surface area contributed by atoms with E-state index in [4.69, 9.17) is 5.11 Å². The molecule has 0 spiro atoms. The fraction of sp³-hybridized carbons (Fsp3) is 0.500. The molecule has 134 valence electrons. The molecule has 25 heavy (non-hydrogen) atoms. The first-order chi connectivity index (χ1) is 11.9. The van der Waals surface area contributed by atoms with Gasteiger partial charge in [0.05, 0.1) is 12.5 Å². The lowest BCUT2D eigenvalue weighted by Crippen LogP contribution is -2.39. The third-order valence-corrected chi connectivity index (χ3v) is 5.05. The number of hydrogen-bond donors (Lipinski definition) is 2. The molecule has 2 N–H and O–H groups in total. The second-order valence-corrected chi connectivity index (χ2v) is 6.73. The quantitative estimate of drug-likeness (QED) is 0.808. The van der Waals surface area contributed by atoms with Gasteiger partial charge in [-0.15, -0.1) is 0 Å². The Morgan fingerprint density at radius 2 is 1.96 bits per heavy atom. The SMILES string of the molecule is O=C(O)CN1CCC(c2ccc(C3CCC(=O)NC3=O)cc2F)CC1. The van der Waals surface area contributed by atoms with E-state index in [0.29, 0.717) is 43.5 Å². The second-order valence-electron chi connectivity index (χ2n) is 6.73. The summed E-state index contributed by atoms with van der Waals surface area (Å²) < 4.78 is 14.6. The minimum Gasteiger partial charge on any atom is -0.480 e. The van der Waals surface area contributed by atoms with Crippen molar-refractivity contribution in [2.24, 2.45) is 0 Å². The molecule has 0 saturated carbocycles. The molecule has 2 fully saturated rings. The number of nitrogens with zero attached hydrogens (tertiary/aromatic N) is 1. The van der Waals surface area contributed by atoms with Gasteiger partial charge in [0.15, 0.2) is 0 Å². The van der Waals surface area contributed by atoms with E-state index in [9.17, 15) is 18.8 Å². The maximum Gasteiger partial charge on any atom is 0.317 e. The zero-order valence-electron chi connectivity index (χ0n) is 13.8. The summed E-state index contributed by atoms with van der Waals surface area (Å²) in [6, 6.07) is 4.90. The van der Waals surface area contributed by atoms with Crippen molar-refractivity contribution in [2.75, 3.05) is 19.6 Å². The molecule has 1 aromatic carbocycles. The van der Waals surface area contributed by atoms with E-state index < -0.39 is 11.9 Å².